The second-order valence-corrected chi connectivity index (χ2v) is 6.08. The molecular formula is C12H14N2O2S. The van der Waals surface area contributed by atoms with Crippen molar-refractivity contribution in [1.82, 2.24) is 10.2 Å². The van der Waals surface area contributed by atoms with Crippen LogP contribution in [0.4, 0.5) is 0 Å². The summed E-state index contributed by atoms with van der Waals surface area (Å²) in [6.45, 7) is 3.87. The molecule has 0 bridgehead atoms. The van der Waals surface area contributed by atoms with E-state index in [1.165, 1.54) is 0 Å². The first kappa shape index (κ1) is 11.9. The molecule has 0 aliphatic carbocycles. The highest BCUT2D eigenvalue weighted by Gasteiger charge is 2.16. The molecule has 5 heteroatoms. The molecule has 0 radical (unpaired) electrons. The summed E-state index contributed by atoms with van der Waals surface area (Å²) in [6.07, 6.45) is 1.55. The van der Waals surface area contributed by atoms with Crippen molar-refractivity contribution in [3.8, 4) is 0 Å². The summed E-state index contributed by atoms with van der Waals surface area (Å²) in [4.78, 5) is 0.357. The number of benzene rings is 1. The third-order valence-corrected chi connectivity index (χ3v) is 4.40. The van der Waals surface area contributed by atoms with Gasteiger partial charge in [-0.3, -0.25) is 5.10 Å². The van der Waals surface area contributed by atoms with Gasteiger partial charge in [0.25, 0.3) is 0 Å². The molecule has 0 unspecified atom stereocenters. The first-order valence-electron chi connectivity index (χ1n) is 5.27. The Bertz CT molecular complexity index is 616. The first-order chi connectivity index (χ1) is 7.99. The smallest absolute Gasteiger partial charge is 0.184 e. The van der Waals surface area contributed by atoms with Crippen molar-refractivity contribution in [2.45, 2.75) is 24.5 Å². The second kappa shape index (κ2) is 4.33. The number of nitrogens with one attached hydrogen (secondary N) is 1. The Balaban J connectivity index is 2.35. The minimum Gasteiger partial charge on any atom is -0.282 e. The monoisotopic (exact) mass is 250 g/mol. The van der Waals surface area contributed by atoms with Crippen LogP contribution in [0.25, 0.3) is 0 Å². The fourth-order valence-corrected chi connectivity index (χ4v) is 2.93. The third kappa shape index (κ3) is 2.55. The van der Waals surface area contributed by atoms with Crippen LogP contribution in [0.3, 0.4) is 0 Å². The number of aromatic nitrogens is 2. The number of aryl methyl sites for hydroxylation is 2. The maximum Gasteiger partial charge on any atom is 0.184 e. The van der Waals surface area contributed by atoms with Crippen LogP contribution in [0.1, 0.15) is 16.8 Å². The average Bonchev–Trinajstić information content (AvgIpc) is 2.73. The Labute approximate surface area is 101 Å². The van der Waals surface area contributed by atoms with E-state index in [9.17, 15) is 8.42 Å². The lowest BCUT2D eigenvalue weighted by Crippen LogP contribution is -2.06. The summed E-state index contributed by atoms with van der Waals surface area (Å²) in [6, 6.07) is 6.85. The molecule has 0 aliphatic heterocycles. The van der Waals surface area contributed by atoms with Crippen molar-refractivity contribution < 1.29 is 8.42 Å². The molecule has 0 amide bonds. The number of rotatable bonds is 3. The third-order valence-electron chi connectivity index (χ3n) is 2.74. The highest BCUT2D eigenvalue weighted by atomic mass is 32.2. The maximum atomic E-state index is 12.1. The summed E-state index contributed by atoms with van der Waals surface area (Å²) in [7, 11) is -3.29. The second-order valence-electron chi connectivity index (χ2n) is 4.09. The topological polar surface area (TPSA) is 62.8 Å². The molecule has 90 valence electrons. The highest BCUT2D eigenvalue weighted by molar-refractivity contribution is 7.90. The van der Waals surface area contributed by atoms with Crippen LogP contribution >= 0.6 is 0 Å². The fraction of sp³-hybridized carbons (Fsp3) is 0.250. The van der Waals surface area contributed by atoms with Gasteiger partial charge in [-0.2, -0.15) is 5.10 Å². The van der Waals surface area contributed by atoms with Crippen molar-refractivity contribution in [1.29, 1.82) is 0 Å². The zero-order valence-corrected chi connectivity index (χ0v) is 10.6. The van der Waals surface area contributed by atoms with Crippen molar-refractivity contribution in [2.24, 2.45) is 0 Å². The average molecular weight is 250 g/mol. The van der Waals surface area contributed by atoms with Crippen LogP contribution in [0.15, 0.2) is 35.4 Å². The Morgan fingerprint density at radius 3 is 2.53 bits per heavy atom. The van der Waals surface area contributed by atoms with Crippen molar-refractivity contribution in [2.75, 3.05) is 0 Å². The SMILES string of the molecule is Cc1ccc(S(=O)(=O)Cc2ccn[nH]2)cc1C. The first-order valence-corrected chi connectivity index (χ1v) is 6.92. The lowest BCUT2D eigenvalue weighted by molar-refractivity contribution is 0.594. The molecule has 17 heavy (non-hydrogen) atoms. The predicted molar refractivity (Wildman–Crippen MR) is 65.4 cm³/mol. The number of nitrogens with zero attached hydrogens (tertiary/aromatic N) is 1. The van der Waals surface area contributed by atoms with Crippen LogP contribution in [0.5, 0.6) is 0 Å². The van der Waals surface area contributed by atoms with Crippen molar-refractivity contribution >= 4 is 9.84 Å². The Morgan fingerprint density at radius 2 is 1.94 bits per heavy atom. The maximum absolute atomic E-state index is 12.1. The van der Waals surface area contributed by atoms with Gasteiger partial charge in [0.05, 0.1) is 16.3 Å². The molecular weight excluding hydrogens is 236 g/mol. The molecule has 4 nitrogen and oxygen atoms in total. The van der Waals surface area contributed by atoms with Gasteiger partial charge in [-0.25, -0.2) is 8.42 Å². The summed E-state index contributed by atoms with van der Waals surface area (Å²) in [5, 5.41) is 6.40. The van der Waals surface area contributed by atoms with Gasteiger partial charge in [0, 0.05) is 6.20 Å². The number of H-pyrrole nitrogens is 1. The Kier molecular flexibility index (Phi) is 3.02. The molecule has 1 heterocycles. The normalized spacial score (nSPS) is 11.6. The Hall–Kier alpha value is -1.62. The van der Waals surface area contributed by atoms with Crippen molar-refractivity contribution in [3.05, 3.63) is 47.3 Å². The molecule has 1 aromatic heterocycles. The zero-order chi connectivity index (χ0) is 12.5. The number of aromatic amines is 1. The summed E-state index contributed by atoms with van der Waals surface area (Å²) < 4.78 is 24.2. The highest BCUT2D eigenvalue weighted by Crippen LogP contribution is 2.18. The van der Waals surface area contributed by atoms with Crippen LogP contribution in [0.2, 0.25) is 0 Å². The minimum absolute atomic E-state index is 0.0461. The molecule has 2 aromatic rings. The van der Waals surface area contributed by atoms with E-state index in [0.717, 1.165) is 11.1 Å². The molecule has 0 saturated carbocycles. The van der Waals surface area contributed by atoms with E-state index in [1.807, 2.05) is 19.9 Å². The molecule has 1 aromatic carbocycles. The molecule has 1 N–H and O–H groups in total. The van der Waals surface area contributed by atoms with Crippen LogP contribution in [-0.2, 0) is 15.6 Å². The molecule has 0 atom stereocenters. The quantitative estimate of drug-likeness (QED) is 0.906. The predicted octanol–water partition coefficient (Wildman–Crippen LogP) is 2.00. The van der Waals surface area contributed by atoms with E-state index in [1.54, 1.807) is 24.4 Å². The van der Waals surface area contributed by atoms with Crippen LogP contribution < -0.4 is 0 Å². The van der Waals surface area contributed by atoms with Gasteiger partial charge in [0.15, 0.2) is 9.84 Å². The minimum atomic E-state index is -3.29. The van der Waals surface area contributed by atoms with Gasteiger partial charge in [-0.05, 0) is 43.2 Å². The van der Waals surface area contributed by atoms with E-state index < -0.39 is 9.84 Å². The number of hydrogen-bond donors (Lipinski definition) is 1. The lowest BCUT2D eigenvalue weighted by atomic mass is 10.1. The fourth-order valence-electron chi connectivity index (χ4n) is 1.56. The standard InChI is InChI=1S/C12H14N2O2S/c1-9-3-4-12(7-10(9)2)17(15,16)8-11-5-6-13-14-11/h3-7H,8H2,1-2H3,(H,13,14). The van der Waals surface area contributed by atoms with Gasteiger partial charge in [-0.15, -0.1) is 0 Å². The number of sulfone groups is 1. The summed E-state index contributed by atoms with van der Waals surface area (Å²) >= 11 is 0. The van der Waals surface area contributed by atoms with Gasteiger partial charge >= 0.3 is 0 Å². The summed E-state index contributed by atoms with van der Waals surface area (Å²) in [5.74, 6) is -0.0461. The van der Waals surface area contributed by atoms with Crippen LogP contribution in [0, 0.1) is 13.8 Å². The van der Waals surface area contributed by atoms with Crippen molar-refractivity contribution in [3.63, 3.8) is 0 Å². The molecule has 0 saturated heterocycles. The largest absolute Gasteiger partial charge is 0.282 e. The van der Waals surface area contributed by atoms with Crippen LogP contribution in [-0.4, -0.2) is 18.6 Å². The van der Waals surface area contributed by atoms with Gasteiger partial charge < -0.3 is 0 Å². The van der Waals surface area contributed by atoms with E-state index in [4.69, 9.17) is 0 Å². The zero-order valence-electron chi connectivity index (χ0n) is 9.77. The Morgan fingerprint density at radius 1 is 1.18 bits per heavy atom. The van der Waals surface area contributed by atoms with E-state index in [0.29, 0.717) is 10.6 Å². The number of hydrogen-bond acceptors (Lipinski definition) is 3. The molecule has 0 aliphatic rings. The molecule has 0 spiro atoms. The van der Waals surface area contributed by atoms with Gasteiger partial charge in [0.2, 0.25) is 0 Å². The summed E-state index contributed by atoms with van der Waals surface area (Å²) in [5.41, 5.74) is 2.67. The van der Waals surface area contributed by atoms with Gasteiger partial charge in [0.1, 0.15) is 0 Å². The van der Waals surface area contributed by atoms with E-state index in [-0.39, 0.29) is 5.75 Å². The molecule has 2 rings (SSSR count). The van der Waals surface area contributed by atoms with E-state index >= 15 is 0 Å². The molecule has 0 fully saturated rings. The lowest BCUT2D eigenvalue weighted by Gasteiger charge is -2.06. The van der Waals surface area contributed by atoms with Gasteiger partial charge in [-0.1, -0.05) is 6.07 Å². The van der Waals surface area contributed by atoms with E-state index in [2.05, 4.69) is 10.2 Å².